The standard InChI is InChI=1S/C18H29N3O2/c1-4-19-17(21-14-18(3)10-5-12-23-18)20-11-13-22-16-8-6-15(2)7-9-16/h6-9H,4-5,10-14H2,1-3H3,(H2,19,20,21). The highest BCUT2D eigenvalue weighted by atomic mass is 16.5. The Balaban J connectivity index is 1.74. The summed E-state index contributed by atoms with van der Waals surface area (Å²) in [6.07, 6.45) is 2.20. The van der Waals surface area contributed by atoms with Crippen molar-refractivity contribution in [3.05, 3.63) is 29.8 Å². The van der Waals surface area contributed by atoms with Crippen LogP contribution >= 0.6 is 0 Å². The van der Waals surface area contributed by atoms with Gasteiger partial charge in [0.15, 0.2) is 5.96 Å². The number of guanidine groups is 1. The molecule has 2 rings (SSSR count). The van der Waals surface area contributed by atoms with E-state index in [2.05, 4.69) is 48.5 Å². The van der Waals surface area contributed by atoms with Crippen molar-refractivity contribution in [2.75, 3.05) is 32.8 Å². The maximum atomic E-state index is 5.77. The average Bonchev–Trinajstić information content (AvgIpc) is 2.98. The largest absolute Gasteiger partial charge is 0.492 e. The van der Waals surface area contributed by atoms with Crippen molar-refractivity contribution in [1.29, 1.82) is 0 Å². The Morgan fingerprint density at radius 2 is 2.09 bits per heavy atom. The molecule has 5 heteroatoms. The highest BCUT2D eigenvalue weighted by Gasteiger charge is 2.29. The van der Waals surface area contributed by atoms with Gasteiger partial charge in [-0.2, -0.15) is 0 Å². The lowest BCUT2D eigenvalue weighted by molar-refractivity contribution is 0.0283. The minimum atomic E-state index is -0.110. The van der Waals surface area contributed by atoms with Crippen LogP contribution in [0.2, 0.25) is 0 Å². The number of ether oxygens (including phenoxy) is 2. The number of benzene rings is 1. The molecule has 1 unspecified atom stereocenters. The maximum Gasteiger partial charge on any atom is 0.191 e. The van der Waals surface area contributed by atoms with Crippen LogP contribution in [0.5, 0.6) is 5.75 Å². The number of rotatable bonds is 7. The van der Waals surface area contributed by atoms with Crippen LogP contribution < -0.4 is 15.4 Å². The maximum absolute atomic E-state index is 5.77. The summed E-state index contributed by atoms with van der Waals surface area (Å²) in [6, 6.07) is 8.09. The molecule has 23 heavy (non-hydrogen) atoms. The number of nitrogens with one attached hydrogen (secondary N) is 2. The second-order valence-corrected chi connectivity index (χ2v) is 6.19. The first-order valence-electron chi connectivity index (χ1n) is 8.47. The second-order valence-electron chi connectivity index (χ2n) is 6.19. The molecule has 1 aromatic carbocycles. The second kappa shape index (κ2) is 8.77. The van der Waals surface area contributed by atoms with Crippen LogP contribution in [0.3, 0.4) is 0 Å². The molecule has 0 aliphatic carbocycles. The van der Waals surface area contributed by atoms with E-state index in [-0.39, 0.29) is 5.60 Å². The normalized spacial score (nSPS) is 21.3. The molecular formula is C18H29N3O2. The Kier molecular flexibility index (Phi) is 6.71. The van der Waals surface area contributed by atoms with Crippen molar-refractivity contribution >= 4 is 5.96 Å². The first kappa shape index (κ1) is 17.6. The highest BCUT2D eigenvalue weighted by Crippen LogP contribution is 2.24. The molecule has 1 aliphatic rings. The van der Waals surface area contributed by atoms with Crippen LogP contribution in [0.15, 0.2) is 29.3 Å². The molecule has 0 radical (unpaired) electrons. The van der Waals surface area contributed by atoms with E-state index >= 15 is 0 Å². The molecule has 0 bridgehead atoms. The van der Waals surface area contributed by atoms with Crippen molar-refractivity contribution in [1.82, 2.24) is 10.6 Å². The van der Waals surface area contributed by atoms with Crippen LogP contribution in [-0.4, -0.2) is 44.4 Å². The van der Waals surface area contributed by atoms with Crippen LogP contribution in [0.1, 0.15) is 32.3 Å². The Morgan fingerprint density at radius 1 is 1.30 bits per heavy atom. The fraction of sp³-hybridized carbons (Fsp3) is 0.611. The van der Waals surface area contributed by atoms with Gasteiger partial charge in [0.05, 0.1) is 18.7 Å². The SMILES string of the molecule is CCNC(=NCC1(C)CCCO1)NCCOc1ccc(C)cc1. The Morgan fingerprint density at radius 3 is 2.74 bits per heavy atom. The zero-order valence-corrected chi connectivity index (χ0v) is 14.5. The van der Waals surface area contributed by atoms with E-state index in [4.69, 9.17) is 9.47 Å². The summed E-state index contributed by atoms with van der Waals surface area (Å²) in [7, 11) is 0. The van der Waals surface area contributed by atoms with E-state index in [1.54, 1.807) is 0 Å². The van der Waals surface area contributed by atoms with Gasteiger partial charge in [0.25, 0.3) is 0 Å². The molecule has 0 amide bonds. The lowest BCUT2D eigenvalue weighted by Gasteiger charge is -2.21. The zero-order valence-electron chi connectivity index (χ0n) is 14.5. The smallest absolute Gasteiger partial charge is 0.191 e. The minimum Gasteiger partial charge on any atom is -0.492 e. The van der Waals surface area contributed by atoms with Crippen molar-refractivity contribution in [3.8, 4) is 5.75 Å². The molecule has 1 heterocycles. The zero-order chi connectivity index (χ0) is 16.5. The quantitative estimate of drug-likeness (QED) is 0.461. The minimum absolute atomic E-state index is 0.110. The molecule has 1 aliphatic heterocycles. The highest BCUT2D eigenvalue weighted by molar-refractivity contribution is 5.79. The van der Waals surface area contributed by atoms with Gasteiger partial charge in [0, 0.05) is 13.2 Å². The third-order valence-corrected chi connectivity index (χ3v) is 3.90. The fourth-order valence-corrected chi connectivity index (χ4v) is 2.52. The van der Waals surface area contributed by atoms with Crippen LogP contribution in [-0.2, 0) is 4.74 Å². The average molecular weight is 319 g/mol. The molecule has 1 saturated heterocycles. The van der Waals surface area contributed by atoms with Crippen molar-refractivity contribution in [3.63, 3.8) is 0 Å². The number of aryl methyl sites for hydroxylation is 1. The molecule has 0 spiro atoms. The van der Waals surface area contributed by atoms with Gasteiger partial charge in [-0.15, -0.1) is 0 Å². The lowest BCUT2D eigenvalue weighted by Crippen LogP contribution is -2.40. The van der Waals surface area contributed by atoms with E-state index < -0.39 is 0 Å². The molecule has 1 atom stereocenters. The molecule has 1 fully saturated rings. The number of aliphatic imine (C=N–C) groups is 1. The fourth-order valence-electron chi connectivity index (χ4n) is 2.52. The Labute approximate surface area is 139 Å². The predicted molar refractivity (Wildman–Crippen MR) is 94.2 cm³/mol. The molecule has 128 valence electrons. The number of hydrogen-bond acceptors (Lipinski definition) is 3. The van der Waals surface area contributed by atoms with Crippen molar-refractivity contribution < 1.29 is 9.47 Å². The molecule has 1 aromatic rings. The molecule has 2 N–H and O–H groups in total. The first-order valence-corrected chi connectivity index (χ1v) is 8.47. The van der Waals surface area contributed by atoms with Gasteiger partial charge >= 0.3 is 0 Å². The van der Waals surface area contributed by atoms with Crippen LogP contribution in [0, 0.1) is 6.92 Å². The predicted octanol–water partition coefficient (Wildman–Crippen LogP) is 2.50. The van der Waals surface area contributed by atoms with Crippen molar-refractivity contribution in [2.24, 2.45) is 4.99 Å². The van der Waals surface area contributed by atoms with Crippen LogP contribution in [0.4, 0.5) is 0 Å². The third kappa shape index (κ3) is 6.10. The van der Waals surface area contributed by atoms with Gasteiger partial charge < -0.3 is 20.1 Å². The van der Waals surface area contributed by atoms with Crippen LogP contribution in [0.25, 0.3) is 0 Å². The molecule has 5 nitrogen and oxygen atoms in total. The van der Waals surface area contributed by atoms with Gasteiger partial charge in [-0.1, -0.05) is 17.7 Å². The van der Waals surface area contributed by atoms with E-state index in [0.717, 1.165) is 37.7 Å². The lowest BCUT2D eigenvalue weighted by atomic mass is 10.0. The van der Waals surface area contributed by atoms with Gasteiger partial charge in [0.2, 0.25) is 0 Å². The summed E-state index contributed by atoms with van der Waals surface area (Å²) in [4.78, 5) is 4.64. The number of nitrogens with zero attached hydrogens (tertiary/aromatic N) is 1. The molecule has 0 aromatic heterocycles. The monoisotopic (exact) mass is 319 g/mol. The van der Waals surface area contributed by atoms with Crippen molar-refractivity contribution in [2.45, 2.75) is 39.2 Å². The van der Waals surface area contributed by atoms with E-state index in [1.165, 1.54) is 5.56 Å². The molecular weight excluding hydrogens is 290 g/mol. The summed E-state index contributed by atoms with van der Waals surface area (Å²) in [5.41, 5.74) is 1.13. The van der Waals surface area contributed by atoms with Gasteiger partial charge in [-0.05, 0) is 45.7 Å². The Hall–Kier alpha value is -1.75. The van der Waals surface area contributed by atoms with Gasteiger partial charge in [-0.3, -0.25) is 4.99 Å². The summed E-state index contributed by atoms with van der Waals surface area (Å²) >= 11 is 0. The van der Waals surface area contributed by atoms with E-state index in [1.807, 2.05) is 12.1 Å². The summed E-state index contributed by atoms with van der Waals surface area (Å²) in [5.74, 6) is 1.71. The first-order chi connectivity index (χ1) is 11.1. The topological polar surface area (TPSA) is 54.9 Å². The number of hydrogen-bond donors (Lipinski definition) is 2. The van der Waals surface area contributed by atoms with Gasteiger partial charge in [0.1, 0.15) is 12.4 Å². The third-order valence-electron chi connectivity index (χ3n) is 3.90. The molecule has 0 saturated carbocycles. The van der Waals surface area contributed by atoms with Gasteiger partial charge in [-0.25, -0.2) is 0 Å². The Bertz CT molecular complexity index is 493. The summed E-state index contributed by atoms with van der Waals surface area (Å²) < 4.78 is 11.5. The summed E-state index contributed by atoms with van der Waals surface area (Å²) in [5, 5.41) is 6.56. The van der Waals surface area contributed by atoms with E-state index in [9.17, 15) is 0 Å². The summed E-state index contributed by atoms with van der Waals surface area (Å²) in [6.45, 7) is 9.93. The van der Waals surface area contributed by atoms with E-state index in [0.29, 0.717) is 19.7 Å².